The van der Waals surface area contributed by atoms with Gasteiger partial charge in [0.25, 0.3) is 5.91 Å². The van der Waals surface area contributed by atoms with Gasteiger partial charge < -0.3 is 15.4 Å². The number of nitriles is 1. The van der Waals surface area contributed by atoms with E-state index in [1.54, 1.807) is 38.3 Å². The van der Waals surface area contributed by atoms with Crippen molar-refractivity contribution < 1.29 is 9.53 Å². The van der Waals surface area contributed by atoms with Crippen LogP contribution in [0.3, 0.4) is 0 Å². The summed E-state index contributed by atoms with van der Waals surface area (Å²) in [5.41, 5.74) is 2.39. The maximum absolute atomic E-state index is 12.6. The van der Waals surface area contributed by atoms with Gasteiger partial charge in [-0.15, -0.1) is 0 Å². The third-order valence-electron chi connectivity index (χ3n) is 4.25. The number of anilines is 2. The van der Waals surface area contributed by atoms with Crippen molar-refractivity contribution in [2.75, 3.05) is 19.0 Å². The van der Waals surface area contributed by atoms with Gasteiger partial charge in [0.1, 0.15) is 29.2 Å². The molecule has 2 aromatic carbocycles. The predicted octanol–water partition coefficient (Wildman–Crippen LogP) is 3.38. The van der Waals surface area contributed by atoms with Crippen LogP contribution in [-0.2, 0) is 6.42 Å². The Labute approximate surface area is 169 Å². The van der Waals surface area contributed by atoms with Crippen LogP contribution in [0.1, 0.15) is 27.4 Å². The summed E-state index contributed by atoms with van der Waals surface area (Å²) in [6.07, 6.45) is 0.639. The van der Waals surface area contributed by atoms with Gasteiger partial charge in [-0.05, 0) is 37.1 Å². The fourth-order valence-corrected chi connectivity index (χ4v) is 2.89. The molecule has 2 N–H and O–H groups in total. The Hall–Kier alpha value is -3.92. The molecule has 1 heterocycles. The van der Waals surface area contributed by atoms with Gasteiger partial charge in [0.2, 0.25) is 0 Å². The number of ether oxygens (including phenoxy) is 1. The van der Waals surface area contributed by atoms with Crippen LogP contribution in [0.4, 0.5) is 11.5 Å². The Bertz CT molecular complexity index is 1060. The number of nitrogens with one attached hydrogen (secondary N) is 2. The lowest BCUT2D eigenvalue weighted by molar-refractivity contribution is 0.0948. The third kappa shape index (κ3) is 5.08. The van der Waals surface area contributed by atoms with Crippen LogP contribution in [0, 0.1) is 18.3 Å². The highest BCUT2D eigenvalue weighted by atomic mass is 16.5. The monoisotopic (exact) mass is 387 g/mol. The van der Waals surface area contributed by atoms with Crippen LogP contribution < -0.4 is 15.4 Å². The largest absolute Gasteiger partial charge is 0.496 e. The minimum Gasteiger partial charge on any atom is -0.496 e. The topological polar surface area (TPSA) is 99.9 Å². The predicted molar refractivity (Wildman–Crippen MR) is 110 cm³/mol. The molecule has 0 saturated heterocycles. The molecule has 7 heteroatoms. The summed E-state index contributed by atoms with van der Waals surface area (Å²) in [5.74, 6) is 1.42. The standard InChI is InChI=1S/C22H21N5O2/c1-15-25-19(13-21(26-15)27-18-9-5-3-8-17(18)14-23)22(28)24-12-11-16-7-4-6-10-20(16)29-2/h3-10,13H,11-12H2,1-2H3,(H,24,28)(H,25,26,27). The molecular weight excluding hydrogens is 366 g/mol. The number of carbonyl (C=O) groups is 1. The maximum Gasteiger partial charge on any atom is 0.270 e. The first-order valence-corrected chi connectivity index (χ1v) is 9.12. The second kappa shape index (κ2) is 9.33. The van der Waals surface area contributed by atoms with E-state index >= 15 is 0 Å². The van der Waals surface area contributed by atoms with E-state index in [4.69, 9.17) is 4.74 Å². The van der Waals surface area contributed by atoms with E-state index in [9.17, 15) is 10.1 Å². The Kier molecular flexibility index (Phi) is 6.38. The van der Waals surface area contributed by atoms with Crippen LogP contribution in [0.5, 0.6) is 5.75 Å². The summed E-state index contributed by atoms with van der Waals surface area (Å²) in [6.45, 7) is 2.16. The number of amides is 1. The zero-order valence-electron chi connectivity index (χ0n) is 16.3. The molecule has 0 unspecified atom stereocenters. The normalized spacial score (nSPS) is 10.1. The molecular formula is C22H21N5O2. The summed E-state index contributed by atoms with van der Waals surface area (Å²) in [5, 5.41) is 15.2. The molecule has 1 aromatic heterocycles. The molecule has 0 aliphatic carbocycles. The van der Waals surface area contributed by atoms with E-state index in [0.29, 0.717) is 35.9 Å². The summed E-state index contributed by atoms with van der Waals surface area (Å²) in [6, 6.07) is 18.5. The number of methoxy groups -OCH3 is 1. The summed E-state index contributed by atoms with van der Waals surface area (Å²) in [4.78, 5) is 21.1. The van der Waals surface area contributed by atoms with Crippen LogP contribution in [0.2, 0.25) is 0 Å². The minimum absolute atomic E-state index is 0.259. The van der Waals surface area contributed by atoms with Crippen LogP contribution >= 0.6 is 0 Å². The first-order valence-electron chi connectivity index (χ1n) is 9.12. The Morgan fingerprint density at radius 3 is 2.69 bits per heavy atom. The quantitative estimate of drug-likeness (QED) is 0.645. The van der Waals surface area contributed by atoms with Crippen molar-refractivity contribution in [3.63, 3.8) is 0 Å². The number of rotatable bonds is 7. The Balaban J connectivity index is 1.69. The highest BCUT2D eigenvalue weighted by molar-refractivity contribution is 5.93. The van der Waals surface area contributed by atoms with Gasteiger partial charge in [-0.25, -0.2) is 9.97 Å². The lowest BCUT2D eigenvalue weighted by atomic mass is 10.1. The molecule has 0 fully saturated rings. The molecule has 0 atom stereocenters. The van der Waals surface area contributed by atoms with Gasteiger partial charge in [-0.1, -0.05) is 30.3 Å². The molecule has 3 aromatic rings. The van der Waals surface area contributed by atoms with Crippen molar-refractivity contribution in [3.05, 3.63) is 77.2 Å². The van der Waals surface area contributed by atoms with Gasteiger partial charge >= 0.3 is 0 Å². The zero-order valence-corrected chi connectivity index (χ0v) is 16.3. The SMILES string of the molecule is COc1ccccc1CCNC(=O)c1cc(Nc2ccccc2C#N)nc(C)n1. The van der Waals surface area contributed by atoms with Crippen LogP contribution in [0.25, 0.3) is 0 Å². The molecule has 146 valence electrons. The number of para-hydroxylation sites is 2. The van der Waals surface area contributed by atoms with Gasteiger partial charge in [-0.2, -0.15) is 5.26 Å². The van der Waals surface area contributed by atoms with Crippen molar-refractivity contribution in [1.29, 1.82) is 5.26 Å². The lowest BCUT2D eigenvalue weighted by Gasteiger charge is -2.11. The maximum atomic E-state index is 12.6. The molecule has 0 aliphatic heterocycles. The first-order chi connectivity index (χ1) is 14.1. The van der Waals surface area contributed by atoms with E-state index < -0.39 is 0 Å². The number of nitrogens with zero attached hydrogens (tertiary/aromatic N) is 3. The molecule has 0 bridgehead atoms. The number of aryl methyl sites for hydroxylation is 1. The fourth-order valence-electron chi connectivity index (χ4n) is 2.89. The molecule has 1 amide bonds. The summed E-state index contributed by atoms with van der Waals surface area (Å²) < 4.78 is 5.33. The Morgan fingerprint density at radius 2 is 1.90 bits per heavy atom. The van der Waals surface area contributed by atoms with Crippen molar-refractivity contribution in [2.24, 2.45) is 0 Å². The number of benzene rings is 2. The van der Waals surface area contributed by atoms with Crippen molar-refractivity contribution in [1.82, 2.24) is 15.3 Å². The van der Waals surface area contributed by atoms with Gasteiger partial charge in [0, 0.05) is 12.6 Å². The molecule has 29 heavy (non-hydrogen) atoms. The smallest absolute Gasteiger partial charge is 0.270 e. The molecule has 0 aliphatic rings. The average Bonchev–Trinajstić information content (AvgIpc) is 2.74. The van der Waals surface area contributed by atoms with E-state index in [2.05, 4.69) is 26.7 Å². The van der Waals surface area contributed by atoms with Gasteiger partial charge in [0.15, 0.2) is 0 Å². The zero-order chi connectivity index (χ0) is 20.6. The van der Waals surface area contributed by atoms with E-state index in [1.165, 1.54) is 0 Å². The molecule has 7 nitrogen and oxygen atoms in total. The summed E-state index contributed by atoms with van der Waals surface area (Å²) >= 11 is 0. The van der Waals surface area contributed by atoms with E-state index in [-0.39, 0.29) is 11.6 Å². The molecule has 0 radical (unpaired) electrons. The number of hydrogen-bond donors (Lipinski definition) is 2. The van der Waals surface area contributed by atoms with E-state index in [0.717, 1.165) is 11.3 Å². The average molecular weight is 387 g/mol. The van der Waals surface area contributed by atoms with Crippen LogP contribution in [-0.4, -0.2) is 29.5 Å². The minimum atomic E-state index is -0.290. The van der Waals surface area contributed by atoms with Crippen molar-refractivity contribution in [3.8, 4) is 11.8 Å². The second-order valence-electron chi connectivity index (χ2n) is 6.29. The highest BCUT2D eigenvalue weighted by Gasteiger charge is 2.12. The lowest BCUT2D eigenvalue weighted by Crippen LogP contribution is -2.27. The summed E-state index contributed by atoms with van der Waals surface area (Å²) in [7, 11) is 1.63. The van der Waals surface area contributed by atoms with Gasteiger partial charge in [-0.3, -0.25) is 4.79 Å². The molecule has 0 saturated carbocycles. The molecule has 3 rings (SSSR count). The molecule has 0 spiro atoms. The van der Waals surface area contributed by atoms with E-state index in [1.807, 2.05) is 30.3 Å². The van der Waals surface area contributed by atoms with Gasteiger partial charge in [0.05, 0.1) is 18.4 Å². The number of aromatic nitrogens is 2. The van der Waals surface area contributed by atoms with Crippen molar-refractivity contribution >= 4 is 17.4 Å². The second-order valence-corrected chi connectivity index (χ2v) is 6.29. The Morgan fingerprint density at radius 1 is 1.14 bits per heavy atom. The fraction of sp³-hybridized carbons (Fsp3) is 0.182. The third-order valence-corrected chi connectivity index (χ3v) is 4.25. The number of carbonyl (C=O) groups excluding carboxylic acids is 1. The van der Waals surface area contributed by atoms with Crippen molar-refractivity contribution in [2.45, 2.75) is 13.3 Å². The van der Waals surface area contributed by atoms with Crippen LogP contribution in [0.15, 0.2) is 54.6 Å². The highest BCUT2D eigenvalue weighted by Crippen LogP contribution is 2.20. The number of hydrogen-bond acceptors (Lipinski definition) is 6. The first kappa shape index (κ1) is 19.8.